The van der Waals surface area contributed by atoms with Crippen molar-refractivity contribution in [2.24, 2.45) is 10.8 Å². The minimum atomic E-state index is -0.872. The zero-order valence-corrected chi connectivity index (χ0v) is 15.2. The maximum Gasteiger partial charge on any atom is 0.407 e. The molecule has 26 heavy (non-hydrogen) atoms. The van der Waals surface area contributed by atoms with Gasteiger partial charge in [-0.25, -0.2) is 19.2 Å². The van der Waals surface area contributed by atoms with Gasteiger partial charge in [-0.3, -0.25) is 0 Å². The van der Waals surface area contributed by atoms with Crippen LogP contribution in [0.5, 0.6) is 0 Å². The van der Waals surface area contributed by atoms with E-state index in [-0.39, 0.29) is 28.2 Å². The number of amides is 1. The normalized spacial score (nSPS) is 25.8. The first-order valence-corrected chi connectivity index (χ1v) is 8.89. The zero-order chi connectivity index (χ0) is 18.7. The zero-order valence-electron chi connectivity index (χ0n) is 15.2. The molecule has 0 bridgehead atoms. The van der Waals surface area contributed by atoms with Crippen LogP contribution in [0.15, 0.2) is 24.4 Å². The number of anilines is 1. The highest BCUT2D eigenvalue weighted by Crippen LogP contribution is 2.55. The number of halogens is 1. The molecular weight excluding hydrogens is 335 g/mol. The summed E-state index contributed by atoms with van der Waals surface area (Å²) in [5.41, 5.74) is 0.776. The van der Waals surface area contributed by atoms with Gasteiger partial charge in [-0.2, -0.15) is 0 Å². The Morgan fingerprint density at radius 3 is 2.85 bits per heavy atom. The molecule has 1 N–H and O–H groups in total. The summed E-state index contributed by atoms with van der Waals surface area (Å²) in [6.07, 6.45) is 1.61. The molecule has 3 heterocycles. The second kappa shape index (κ2) is 5.53. The van der Waals surface area contributed by atoms with Crippen LogP contribution in [0.25, 0.3) is 11.0 Å². The van der Waals surface area contributed by atoms with Crippen molar-refractivity contribution in [1.82, 2.24) is 14.9 Å². The number of hydrogen-bond donors (Lipinski definition) is 1. The third-order valence-corrected chi connectivity index (χ3v) is 6.26. The topological polar surface area (TPSA) is 69.6 Å². The average molecular weight is 358 g/mol. The van der Waals surface area contributed by atoms with Crippen molar-refractivity contribution in [1.29, 1.82) is 0 Å². The molecule has 7 heteroatoms. The number of para-hydroxylation sites is 1. The fourth-order valence-corrected chi connectivity index (χ4v) is 4.53. The van der Waals surface area contributed by atoms with Crippen LogP contribution in [0.3, 0.4) is 0 Å². The van der Waals surface area contributed by atoms with Crippen LogP contribution < -0.4 is 4.90 Å². The number of nitrogens with zero attached hydrogens (tertiary/aromatic N) is 4. The van der Waals surface area contributed by atoms with Gasteiger partial charge in [0.05, 0.1) is 17.8 Å². The highest BCUT2D eigenvalue weighted by molar-refractivity contribution is 5.76. The molecule has 2 atom stereocenters. The Kier molecular flexibility index (Phi) is 3.61. The monoisotopic (exact) mass is 358 g/mol. The molecule has 4 rings (SSSR count). The van der Waals surface area contributed by atoms with Crippen LogP contribution in [0, 0.1) is 16.6 Å². The van der Waals surface area contributed by atoms with E-state index in [1.54, 1.807) is 18.3 Å². The first-order valence-electron chi connectivity index (χ1n) is 8.89. The van der Waals surface area contributed by atoms with Gasteiger partial charge < -0.3 is 14.9 Å². The van der Waals surface area contributed by atoms with Gasteiger partial charge in [-0.1, -0.05) is 26.8 Å². The van der Waals surface area contributed by atoms with E-state index < -0.39 is 6.09 Å². The molecule has 2 fully saturated rings. The molecule has 6 nitrogen and oxygen atoms in total. The van der Waals surface area contributed by atoms with E-state index in [1.165, 1.54) is 11.0 Å². The van der Waals surface area contributed by atoms with Crippen molar-refractivity contribution >= 4 is 22.9 Å². The van der Waals surface area contributed by atoms with E-state index >= 15 is 0 Å². The van der Waals surface area contributed by atoms with Crippen molar-refractivity contribution in [2.45, 2.75) is 33.2 Å². The van der Waals surface area contributed by atoms with Gasteiger partial charge in [-0.05, 0) is 24.0 Å². The van der Waals surface area contributed by atoms with Gasteiger partial charge in [0.2, 0.25) is 0 Å². The number of benzene rings is 1. The first-order chi connectivity index (χ1) is 12.2. The van der Waals surface area contributed by atoms with Gasteiger partial charge in [0.25, 0.3) is 0 Å². The molecule has 2 saturated heterocycles. The van der Waals surface area contributed by atoms with E-state index in [2.05, 4.69) is 35.6 Å². The number of carboxylic acid groups (broad SMARTS) is 1. The van der Waals surface area contributed by atoms with E-state index in [1.807, 2.05) is 0 Å². The Balaban J connectivity index is 1.65. The number of hydrogen-bond acceptors (Lipinski definition) is 4. The summed E-state index contributed by atoms with van der Waals surface area (Å²) < 4.78 is 13.8. The molecule has 0 aliphatic carbocycles. The number of carbonyl (C=O) groups is 1. The lowest BCUT2D eigenvalue weighted by atomic mass is 9.54. The maximum atomic E-state index is 13.8. The Hall–Kier alpha value is -2.44. The maximum absolute atomic E-state index is 13.8. The van der Waals surface area contributed by atoms with Gasteiger partial charge in [0, 0.05) is 25.0 Å². The molecule has 1 aromatic carbocycles. The summed E-state index contributed by atoms with van der Waals surface area (Å²) in [5.74, 6) is 0.283. The number of piperidine rings is 1. The SMILES string of the molecule is CC(C)(C)C12CCN(c3cnc4c(F)cccc4n3)C[C@H]1N(C(=O)O)C2. The molecule has 2 aliphatic heterocycles. The van der Waals surface area contributed by atoms with Crippen molar-refractivity contribution in [2.75, 3.05) is 24.5 Å². The fourth-order valence-electron chi connectivity index (χ4n) is 4.53. The van der Waals surface area contributed by atoms with Crippen LogP contribution in [0.4, 0.5) is 15.0 Å². The lowest BCUT2D eigenvalue weighted by Crippen LogP contribution is -2.76. The Morgan fingerprint density at radius 1 is 1.38 bits per heavy atom. The predicted molar refractivity (Wildman–Crippen MR) is 96.7 cm³/mol. The van der Waals surface area contributed by atoms with Crippen molar-refractivity contribution in [3.63, 3.8) is 0 Å². The molecule has 1 unspecified atom stereocenters. The first kappa shape index (κ1) is 17.0. The van der Waals surface area contributed by atoms with Gasteiger partial charge in [0.15, 0.2) is 5.82 Å². The number of fused-ring (bicyclic) bond motifs is 2. The summed E-state index contributed by atoms with van der Waals surface area (Å²) in [7, 11) is 0. The van der Waals surface area contributed by atoms with Crippen molar-refractivity contribution in [3.05, 3.63) is 30.2 Å². The van der Waals surface area contributed by atoms with Crippen LogP contribution in [-0.2, 0) is 0 Å². The summed E-state index contributed by atoms with van der Waals surface area (Å²) >= 11 is 0. The molecule has 0 saturated carbocycles. The molecule has 1 aromatic heterocycles. The summed E-state index contributed by atoms with van der Waals surface area (Å²) in [4.78, 5) is 24.0. The quantitative estimate of drug-likeness (QED) is 0.846. The van der Waals surface area contributed by atoms with Gasteiger partial charge >= 0.3 is 6.09 Å². The minimum Gasteiger partial charge on any atom is -0.465 e. The molecule has 2 aliphatic rings. The third kappa shape index (κ3) is 2.33. The van der Waals surface area contributed by atoms with Gasteiger partial charge in [0.1, 0.15) is 11.3 Å². The highest BCUT2D eigenvalue weighted by Gasteiger charge is 2.62. The van der Waals surface area contributed by atoms with Crippen LogP contribution in [0.1, 0.15) is 27.2 Å². The minimum absolute atomic E-state index is 0.0156. The van der Waals surface area contributed by atoms with E-state index in [0.29, 0.717) is 24.4 Å². The second-order valence-electron chi connectivity index (χ2n) is 8.36. The van der Waals surface area contributed by atoms with E-state index in [0.717, 1.165) is 13.0 Å². The second-order valence-corrected chi connectivity index (χ2v) is 8.36. The lowest BCUT2D eigenvalue weighted by molar-refractivity contribution is -0.134. The fraction of sp³-hybridized carbons (Fsp3) is 0.526. The highest BCUT2D eigenvalue weighted by atomic mass is 19.1. The standard InChI is InChI=1S/C19H23FN4O2/c1-18(2,3)19-7-8-23(10-14(19)24(11-19)17(25)26)15-9-21-16-12(20)5-4-6-13(16)22-15/h4-6,9,14H,7-8,10-11H2,1-3H3,(H,25,26)/t14-,19?/m1/s1. The molecule has 0 radical (unpaired) electrons. The van der Waals surface area contributed by atoms with Crippen LogP contribution in [0.2, 0.25) is 0 Å². The average Bonchev–Trinajstić information content (AvgIpc) is 2.54. The van der Waals surface area contributed by atoms with Crippen LogP contribution in [-0.4, -0.2) is 51.7 Å². The van der Waals surface area contributed by atoms with Crippen LogP contribution >= 0.6 is 0 Å². The number of likely N-dealkylation sites (tertiary alicyclic amines) is 1. The smallest absolute Gasteiger partial charge is 0.407 e. The van der Waals surface area contributed by atoms with Crippen molar-refractivity contribution in [3.8, 4) is 0 Å². The molecule has 0 spiro atoms. The third-order valence-electron chi connectivity index (χ3n) is 6.26. The number of rotatable bonds is 1. The Labute approximate surface area is 151 Å². The number of aromatic nitrogens is 2. The molecule has 1 amide bonds. The largest absolute Gasteiger partial charge is 0.465 e. The molecular formula is C19H23FN4O2. The lowest BCUT2D eigenvalue weighted by Gasteiger charge is -2.66. The molecule has 2 aromatic rings. The predicted octanol–water partition coefficient (Wildman–Crippen LogP) is 3.37. The van der Waals surface area contributed by atoms with E-state index in [4.69, 9.17) is 0 Å². The van der Waals surface area contributed by atoms with Crippen molar-refractivity contribution < 1.29 is 14.3 Å². The summed E-state index contributed by atoms with van der Waals surface area (Å²) in [5, 5.41) is 9.52. The summed E-state index contributed by atoms with van der Waals surface area (Å²) in [6, 6.07) is 4.66. The summed E-state index contributed by atoms with van der Waals surface area (Å²) in [6.45, 7) is 8.52. The van der Waals surface area contributed by atoms with Gasteiger partial charge in [-0.15, -0.1) is 0 Å². The molecule has 138 valence electrons. The van der Waals surface area contributed by atoms with E-state index in [9.17, 15) is 14.3 Å². The Bertz CT molecular complexity index is 881. The Morgan fingerprint density at radius 2 is 2.15 bits per heavy atom.